The Morgan fingerprint density at radius 3 is 2.20 bits per heavy atom. The molecule has 0 aliphatic heterocycles. The van der Waals surface area contributed by atoms with Crippen LogP contribution >= 0.6 is 33.3 Å². The molecule has 0 aromatic rings. The van der Waals surface area contributed by atoms with Crippen molar-refractivity contribution in [3.8, 4) is 0 Å². The first-order valence-corrected chi connectivity index (χ1v) is 2.50. The summed E-state index contributed by atoms with van der Waals surface area (Å²) in [4.78, 5) is 0. The lowest BCUT2D eigenvalue weighted by Crippen LogP contribution is -1.49. The van der Waals surface area contributed by atoms with Gasteiger partial charge in [0.1, 0.15) is 3.94 Å². The Labute approximate surface area is 42.4 Å². The summed E-state index contributed by atoms with van der Waals surface area (Å²) in [6.07, 6.45) is 0. The molecular weight excluding hydrogens is 123 g/mol. The van der Waals surface area contributed by atoms with Gasteiger partial charge in [0.15, 0.2) is 0 Å². The predicted octanol–water partition coefficient (Wildman–Crippen LogP) is 1.49. The van der Waals surface area contributed by atoms with Crippen molar-refractivity contribution in [2.75, 3.05) is 0 Å². The maximum Gasteiger partial charge on any atom is 0.211 e. The Morgan fingerprint density at radius 2 is 2.20 bits per heavy atom. The van der Waals surface area contributed by atoms with Crippen molar-refractivity contribution < 1.29 is 4.57 Å². The Morgan fingerprint density at radius 1 is 2.00 bits per heavy atom. The van der Waals surface area contributed by atoms with Crippen molar-refractivity contribution >= 4 is 37.2 Å². The van der Waals surface area contributed by atoms with Crippen LogP contribution in [0.3, 0.4) is 0 Å². The van der Waals surface area contributed by atoms with Crippen molar-refractivity contribution in [2.45, 2.75) is 0 Å². The minimum absolute atomic E-state index is 0.157. The standard InChI is InChI=1S/CHOPS2/c2-3-1(4)5/h(H,4,5). The van der Waals surface area contributed by atoms with E-state index < -0.39 is 0 Å². The van der Waals surface area contributed by atoms with E-state index in [0.717, 1.165) is 0 Å². The third-order valence-electron chi connectivity index (χ3n) is 0.0781. The summed E-state index contributed by atoms with van der Waals surface area (Å²) >= 11 is 7.74. The first-order chi connectivity index (χ1) is 2.27. The largest absolute Gasteiger partial charge is 0.268 e. The van der Waals surface area contributed by atoms with Crippen LogP contribution in [0.2, 0.25) is 0 Å². The van der Waals surface area contributed by atoms with E-state index in [0.29, 0.717) is 0 Å². The van der Waals surface area contributed by atoms with Gasteiger partial charge in [0.2, 0.25) is 8.46 Å². The second kappa shape index (κ2) is 2.76. The van der Waals surface area contributed by atoms with Crippen LogP contribution in [0.15, 0.2) is 0 Å². The molecular formula is CHOPS2. The molecule has 0 rings (SSSR count). The molecule has 0 saturated carbocycles. The first kappa shape index (κ1) is 5.54. The second-order valence-electron chi connectivity index (χ2n) is 0.374. The van der Waals surface area contributed by atoms with Crippen molar-refractivity contribution in [1.82, 2.24) is 0 Å². The van der Waals surface area contributed by atoms with Crippen LogP contribution in [0.4, 0.5) is 0 Å². The fraction of sp³-hybridized carbons (Fsp3) is 0. The maximum absolute atomic E-state index is 9.38. The normalized spacial score (nSPS) is 8.20. The van der Waals surface area contributed by atoms with Crippen LogP contribution in [-0.2, 0) is 4.57 Å². The Balaban J connectivity index is 3.20. The monoisotopic (exact) mass is 124 g/mol. The van der Waals surface area contributed by atoms with Crippen LogP contribution in [0.5, 0.6) is 0 Å². The quantitative estimate of drug-likeness (QED) is 0.324. The second-order valence-corrected chi connectivity index (χ2v) is 2.82. The molecule has 0 heterocycles. The van der Waals surface area contributed by atoms with Crippen molar-refractivity contribution in [3.63, 3.8) is 0 Å². The molecule has 4 heteroatoms. The average Bonchev–Trinajstić information content (AvgIpc) is 1.38. The molecule has 0 amide bonds. The van der Waals surface area contributed by atoms with Crippen molar-refractivity contribution in [3.05, 3.63) is 0 Å². The highest BCUT2D eigenvalue weighted by atomic mass is 32.1. The SMILES string of the molecule is O=PC(=S)S. The summed E-state index contributed by atoms with van der Waals surface area (Å²) in [6, 6.07) is 0. The van der Waals surface area contributed by atoms with E-state index in [1.807, 2.05) is 0 Å². The molecule has 0 aromatic heterocycles. The zero-order valence-electron chi connectivity index (χ0n) is 2.21. The highest BCUT2D eigenvalue weighted by Crippen LogP contribution is 1.98. The zero-order chi connectivity index (χ0) is 4.28. The highest BCUT2D eigenvalue weighted by molar-refractivity contribution is 8.22. The summed E-state index contributed by atoms with van der Waals surface area (Å²) < 4.78 is 9.58. The molecule has 28 valence electrons. The van der Waals surface area contributed by atoms with Crippen molar-refractivity contribution in [2.24, 2.45) is 0 Å². The van der Waals surface area contributed by atoms with Crippen LogP contribution in [0.25, 0.3) is 0 Å². The number of rotatable bonds is 1. The summed E-state index contributed by atoms with van der Waals surface area (Å²) in [7, 11) is -0.157. The lowest BCUT2D eigenvalue weighted by Gasteiger charge is -1.58. The van der Waals surface area contributed by atoms with Crippen molar-refractivity contribution in [1.29, 1.82) is 0 Å². The Hall–Kier alpha value is 0.540. The van der Waals surface area contributed by atoms with E-state index in [4.69, 9.17) is 0 Å². The molecule has 1 nitrogen and oxygen atoms in total. The van der Waals surface area contributed by atoms with Gasteiger partial charge < -0.3 is 0 Å². The molecule has 0 bridgehead atoms. The summed E-state index contributed by atoms with van der Waals surface area (Å²) in [5, 5.41) is 0. The molecule has 0 aliphatic carbocycles. The minimum atomic E-state index is -0.157. The van der Waals surface area contributed by atoms with Crippen LogP contribution in [0.1, 0.15) is 0 Å². The summed E-state index contributed by atoms with van der Waals surface area (Å²) in [6.45, 7) is 0. The van der Waals surface area contributed by atoms with Gasteiger partial charge in [-0.25, -0.2) is 0 Å². The van der Waals surface area contributed by atoms with Gasteiger partial charge in [-0.3, -0.25) is 4.57 Å². The Bertz CT molecular complexity index is 60.7. The van der Waals surface area contributed by atoms with Crippen LogP contribution in [0, 0.1) is 0 Å². The topological polar surface area (TPSA) is 17.1 Å². The number of thiocarbonyl (C=S) groups is 1. The lowest BCUT2D eigenvalue weighted by atomic mass is 11.9. The fourth-order valence-corrected chi connectivity index (χ4v) is 0. The third-order valence-corrected chi connectivity index (χ3v) is 0.703. The molecule has 0 unspecified atom stereocenters. The molecule has 0 fully saturated rings. The zero-order valence-corrected chi connectivity index (χ0v) is 4.82. The summed E-state index contributed by atoms with van der Waals surface area (Å²) in [5.74, 6) is 0. The van der Waals surface area contributed by atoms with E-state index in [9.17, 15) is 4.57 Å². The Kier molecular flexibility index (Phi) is 3.06. The molecule has 0 radical (unpaired) electrons. The minimum Gasteiger partial charge on any atom is -0.268 e. The van der Waals surface area contributed by atoms with Gasteiger partial charge in [-0.05, 0) is 0 Å². The number of hydrogen-bond donors (Lipinski definition) is 1. The molecule has 0 N–H and O–H groups in total. The average molecular weight is 124 g/mol. The molecule has 0 aromatic carbocycles. The molecule has 0 atom stereocenters. The molecule has 0 spiro atoms. The van der Waals surface area contributed by atoms with E-state index in [2.05, 4.69) is 24.8 Å². The number of hydrogen-bond acceptors (Lipinski definition) is 2. The summed E-state index contributed by atoms with van der Waals surface area (Å²) in [5.41, 5.74) is 0. The lowest BCUT2D eigenvalue weighted by molar-refractivity contribution is 0.604. The van der Waals surface area contributed by atoms with E-state index >= 15 is 0 Å². The smallest absolute Gasteiger partial charge is 0.211 e. The van der Waals surface area contributed by atoms with Gasteiger partial charge in [-0.15, -0.1) is 12.6 Å². The van der Waals surface area contributed by atoms with Gasteiger partial charge in [0, 0.05) is 0 Å². The highest BCUT2D eigenvalue weighted by Gasteiger charge is 1.74. The van der Waals surface area contributed by atoms with Gasteiger partial charge in [-0.1, -0.05) is 12.2 Å². The predicted molar refractivity (Wildman–Crippen MR) is 29.2 cm³/mol. The third kappa shape index (κ3) is 4.54. The van der Waals surface area contributed by atoms with E-state index in [-0.39, 0.29) is 12.4 Å². The molecule has 0 aliphatic rings. The van der Waals surface area contributed by atoms with E-state index in [1.54, 1.807) is 0 Å². The maximum atomic E-state index is 9.38. The van der Waals surface area contributed by atoms with Crippen LogP contribution in [-0.4, -0.2) is 3.94 Å². The first-order valence-electron chi connectivity index (χ1n) is 0.834. The fourth-order valence-electron chi connectivity index (χ4n) is 0. The number of thiol groups is 1. The van der Waals surface area contributed by atoms with E-state index in [1.165, 1.54) is 0 Å². The van der Waals surface area contributed by atoms with Gasteiger partial charge in [0.25, 0.3) is 0 Å². The molecule has 5 heavy (non-hydrogen) atoms. The van der Waals surface area contributed by atoms with Gasteiger partial charge >= 0.3 is 0 Å². The molecule has 0 saturated heterocycles. The van der Waals surface area contributed by atoms with Gasteiger partial charge in [0.05, 0.1) is 0 Å². The van der Waals surface area contributed by atoms with Crippen LogP contribution < -0.4 is 0 Å². The van der Waals surface area contributed by atoms with Gasteiger partial charge in [-0.2, -0.15) is 0 Å².